The molecule has 0 aromatic carbocycles. The molecular formula is C15H23N3O2. The van der Waals surface area contributed by atoms with Crippen molar-refractivity contribution in [2.75, 3.05) is 30.4 Å². The number of nitrogens with one attached hydrogen (secondary N) is 2. The van der Waals surface area contributed by atoms with Crippen LogP contribution in [0.2, 0.25) is 0 Å². The van der Waals surface area contributed by atoms with E-state index in [2.05, 4.69) is 22.5 Å². The van der Waals surface area contributed by atoms with Gasteiger partial charge >= 0.3 is 0 Å². The van der Waals surface area contributed by atoms with Crippen molar-refractivity contribution in [2.45, 2.75) is 32.6 Å². The van der Waals surface area contributed by atoms with Crippen molar-refractivity contribution in [1.82, 2.24) is 4.98 Å². The maximum Gasteiger partial charge on any atom is 0.227 e. The number of pyridine rings is 1. The number of hydrogen-bond donors (Lipinski definition) is 2. The zero-order valence-corrected chi connectivity index (χ0v) is 12.0. The summed E-state index contributed by atoms with van der Waals surface area (Å²) in [5.74, 6) is 0.982. The van der Waals surface area contributed by atoms with E-state index in [-0.39, 0.29) is 11.8 Å². The quantitative estimate of drug-likeness (QED) is 0.785. The molecular weight excluding hydrogens is 254 g/mol. The lowest BCUT2D eigenvalue weighted by Gasteiger charge is -2.21. The van der Waals surface area contributed by atoms with Crippen molar-refractivity contribution in [3.05, 3.63) is 18.3 Å². The third kappa shape index (κ3) is 4.49. The molecule has 1 aliphatic heterocycles. The molecule has 0 spiro atoms. The van der Waals surface area contributed by atoms with Crippen LogP contribution in [0.25, 0.3) is 0 Å². The molecule has 0 unspecified atom stereocenters. The van der Waals surface area contributed by atoms with Crippen molar-refractivity contribution >= 4 is 17.4 Å². The van der Waals surface area contributed by atoms with Crippen LogP contribution in [0.1, 0.15) is 32.6 Å². The predicted molar refractivity (Wildman–Crippen MR) is 79.8 cm³/mol. The second-order valence-electron chi connectivity index (χ2n) is 5.09. The molecule has 1 aromatic rings. The van der Waals surface area contributed by atoms with Gasteiger partial charge in [-0.25, -0.2) is 4.98 Å². The van der Waals surface area contributed by atoms with Crippen LogP contribution >= 0.6 is 0 Å². The van der Waals surface area contributed by atoms with E-state index in [9.17, 15) is 4.79 Å². The highest BCUT2D eigenvalue weighted by Crippen LogP contribution is 2.17. The van der Waals surface area contributed by atoms with E-state index in [0.29, 0.717) is 13.2 Å². The van der Waals surface area contributed by atoms with Crippen molar-refractivity contribution < 1.29 is 9.53 Å². The maximum atomic E-state index is 12.1. The number of carbonyl (C=O) groups excluding carboxylic acids is 1. The number of rotatable bonds is 6. The zero-order valence-electron chi connectivity index (χ0n) is 12.0. The van der Waals surface area contributed by atoms with Crippen LogP contribution in [0.3, 0.4) is 0 Å². The van der Waals surface area contributed by atoms with Gasteiger partial charge in [-0.15, -0.1) is 0 Å². The lowest BCUT2D eigenvalue weighted by atomic mass is 9.99. The van der Waals surface area contributed by atoms with Crippen LogP contribution in [0.4, 0.5) is 11.5 Å². The highest BCUT2D eigenvalue weighted by Gasteiger charge is 2.21. The minimum atomic E-state index is 0.0612. The first kappa shape index (κ1) is 14.8. The molecule has 0 atom stereocenters. The fourth-order valence-corrected chi connectivity index (χ4v) is 2.17. The van der Waals surface area contributed by atoms with Crippen LogP contribution in [0, 0.1) is 5.92 Å². The number of hydrogen-bond acceptors (Lipinski definition) is 4. The lowest BCUT2D eigenvalue weighted by Crippen LogP contribution is -2.28. The molecule has 1 aliphatic rings. The van der Waals surface area contributed by atoms with E-state index < -0.39 is 0 Å². The summed E-state index contributed by atoms with van der Waals surface area (Å²) in [6.07, 6.45) is 5.59. The Morgan fingerprint density at radius 1 is 1.40 bits per heavy atom. The van der Waals surface area contributed by atoms with Crippen LogP contribution in [-0.4, -0.2) is 30.6 Å². The fraction of sp³-hybridized carbons (Fsp3) is 0.600. The highest BCUT2D eigenvalue weighted by molar-refractivity contribution is 5.92. The number of unbranched alkanes of at least 4 members (excludes halogenated alkanes) is 1. The molecule has 1 aromatic heterocycles. The topological polar surface area (TPSA) is 63.2 Å². The number of amides is 1. The van der Waals surface area contributed by atoms with Gasteiger partial charge in [0.2, 0.25) is 5.91 Å². The molecule has 0 saturated carbocycles. The highest BCUT2D eigenvalue weighted by atomic mass is 16.5. The number of nitrogens with zero attached hydrogens (tertiary/aromatic N) is 1. The number of carbonyl (C=O) groups is 1. The van der Waals surface area contributed by atoms with Crippen LogP contribution < -0.4 is 10.6 Å². The Morgan fingerprint density at radius 2 is 2.20 bits per heavy atom. The van der Waals surface area contributed by atoms with Gasteiger partial charge in [0.1, 0.15) is 5.82 Å². The molecule has 1 amide bonds. The Kier molecular flexibility index (Phi) is 5.80. The first-order chi connectivity index (χ1) is 9.79. The molecule has 1 saturated heterocycles. The van der Waals surface area contributed by atoms with E-state index in [1.165, 1.54) is 0 Å². The Bertz CT molecular complexity index is 414. The summed E-state index contributed by atoms with van der Waals surface area (Å²) in [4.78, 5) is 16.4. The molecule has 110 valence electrons. The van der Waals surface area contributed by atoms with Crippen molar-refractivity contribution in [1.29, 1.82) is 0 Å². The number of aromatic nitrogens is 1. The molecule has 1 fully saturated rings. The van der Waals surface area contributed by atoms with E-state index >= 15 is 0 Å². The Morgan fingerprint density at radius 3 is 2.85 bits per heavy atom. The largest absolute Gasteiger partial charge is 0.381 e. The van der Waals surface area contributed by atoms with Gasteiger partial charge < -0.3 is 15.4 Å². The van der Waals surface area contributed by atoms with Gasteiger partial charge in [-0.1, -0.05) is 13.3 Å². The summed E-state index contributed by atoms with van der Waals surface area (Å²) in [5.41, 5.74) is 0.752. The van der Waals surface area contributed by atoms with Gasteiger partial charge in [0.15, 0.2) is 0 Å². The number of ether oxygens (including phenoxy) is 1. The van der Waals surface area contributed by atoms with E-state index in [1.807, 2.05) is 12.1 Å². The molecule has 2 N–H and O–H groups in total. The summed E-state index contributed by atoms with van der Waals surface area (Å²) in [6, 6.07) is 3.79. The molecule has 20 heavy (non-hydrogen) atoms. The van der Waals surface area contributed by atoms with Crippen molar-refractivity contribution in [3.8, 4) is 0 Å². The van der Waals surface area contributed by atoms with Gasteiger partial charge in [-0.05, 0) is 31.4 Å². The normalized spacial score (nSPS) is 15.8. The second kappa shape index (κ2) is 7.85. The fourth-order valence-electron chi connectivity index (χ4n) is 2.17. The SMILES string of the molecule is CCCCNc1ccc(NC(=O)C2CCOCC2)cn1. The minimum Gasteiger partial charge on any atom is -0.381 e. The zero-order chi connectivity index (χ0) is 14.2. The summed E-state index contributed by atoms with van der Waals surface area (Å²) in [6.45, 7) is 4.44. The van der Waals surface area contributed by atoms with Gasteiger partial charge in [-0.3, -0.25) is 4.79 Å². The molecule has 0 radical (unpaired) electrons. The number of anilines is 2. The molecule has 0 aliphatic carbocycles. The Labute approximate surface area is 120 Å². The summed E-state index contributed by atoms with van der Waals surface area (Å²) in [7, 11) is 0. The average Bonchev–Trinajstić information content (AvgIpc) is 2.50. The van der Waals surface area contributed by atoms with Gasteiger partial charge in [-0.2, -0.15) is 0 Å². The third-order valence-electron chi connectivity index (χ3n) is 3.46. The summed E-state index contributed by atoms with van der Waals surface area (Å²) < 4.78 is 5.26. The van der Waals surface area contributed by atoms with Gasteiger partial charge in [0, 0.05) is 25.7 Å². The summed E-state index contributed by atoms with van der Waals surface area (Å²) >= 11 is 0. The first-order valence-electron chi connectivity index (χ1n) is 7.38. The van der Waals surface area contributed by atoms with E-state index in [4.69, 9.17) is 4.74 Å². The van der Waals surface area contributed by atoms with Crippen molar-refractivity contribution in [2.24, 2.45) is 5.92 Å². The molecule has 5 heteroatoms. The lowest BCUT2D eigenvalue weighted by molar-refractivity contribution is -0.122. The second-order valence-corrected chi connectivity index (χ2v) is 5.09. The van der Waals surface area contributed by atoms with Crippen LogP contribution in [0.15, 0.2) is 18.3 Å². The molecule has 2 heterocycles. The Balaban J connectivity index is 1.81. The predicted octanol–water partition coefficient (Wildman–Crippen LogP) is 2.66. The molecule has 5 nitrogen and oxygen atoms in total. The van der Waals surface area contributed by atoms with Crippen molar-refractivity contribution in [3.63, 3.8) is 0 Å². The third-order valence-corrected chi connectivity index (χ3v) is 3.46. The van der Waals surface area contributed by atoms with Gasteiger partial charge in [0.05, 0.1) is 11.9 Å². The minimum absolute atomic E-state index is 0.0612. The van der Waals surface area contributed by atoms with Crippen LogP contribution in [-0.2, 0) is 9.53 Å². The smallest absolute Gasteiger partial charge is 0.227 e. The van der Waals surface area contributed by atoms with E-state index in [1.54, 1.807) is 6.20 Å². The van der Waals surface area contributed by atoms with Gasteiger partial charge in [0.25, 0.3) is 0 Å². The Hall–Kier alpha value is -1.62. The monoisotopic (exact) mass is 277 g/mol. The van der Waals surface area contributed by atoms with Crippen LogP contribution in [0.5, 0.6) is 0 Å². The maximum absolute atomic E-state index is 12.1. The van der Waals surface area contributed by atoms with E-state index in [0.717, 1.165) is 43.7 Å². The molecule has 2 rings (SSSR count). The summed E-state index contributed by atoms with van der Waals surface area (Å²) in [5, 5.41) is 6.17. The first-order valence-corrected chi connectivity index (χ1v) is 7.38. The molecule has 0 bridgehead atoms. The standard InChI is InChI=1S/C15H23N3O2/c1-2-3-8-16-14-5-4-13(11-17-14)18-15(19)12-6-9-20-10-7-12/h4-5,11-12H,2-3,6-10H2,1H3,(H,16,17)(H,18,19). The average molecular weight is 277 g/mol.